The van der Waals surface area contributed by atoms with Gasteiger partial charge in [-0.1, -0.05) is 34.3 Å². The molecule has 2 heteroatoms. The molecule has 1 unspecified atom stereocenters. The molecule has 1 aliphatic heterocycles. The van der Waals surface area contributed by atoms with Gasteiger partial charge >= 0.3 is 5.97 Å². The van der Waals surface area contributed by atoms with Crippen LogP contribution < -0.4 is 0 Å². The van der Waals surface area contributed by atoms with Crippen LogP contribution in [-0.2, 0) is 9.53 Å². The number of esters is 1. The second-order valence-corrected chi connectivity index (χ2v) is 9.79. The molecule has 4 aliphatic rings. The van der Waals surface area contributed by atoms with E-state index in [1.165, 1.54) is 31.3 Å². The topological polar surface area (TPSA) is 26.3 Å². The van der Waals surface area contributed by atoms with Gasteiger partial charge in [-0.2, -0.15) is 0 Å². The Balaban J connectivity index is 2.11. The fraction of sp³-hybridized carbons (Fsp3) is 0.762. The van der Waals surface area contributed by atoms with Crippen molar-refractivity contribution in [1.29, 1.82) is 0 Å². The molecular formula is C21H30O2. The molecule has 23 heavy (non-hydrogen) atoms. The van der Waals surface area contributed by atoms with Gasteiger partial charge in [0.15, 0.2) is 0 Å². The SMILES string of the molecule is C=C1C(=O)OC2=C(C)CCC[C@@]3(C)CC[C@@H]4C(C)(C)C[C@]1(C)C243. The van der Waals surface area contributed by atoms with Crippen molar-refractivity contribution in [2.24, 2.45) is 27.6 Å². The summed E-state index contributed by atoms with van der Waals surface area (Å²) < 4.78 is 6.05. The van der Waals surface area contributed by atoms with Gasteiger partial charge in [-0.15, -0.1) is 0 Å². The van der Waals surface area contributed by atoms with E-state index < -0.39 is 0 Å². The summed E-state index contributed by atoms with van der Waals surface area (Å²) in [6, 6.07) is 0. The summed E-state index contributed by atoms with van der Waals surface area (Å²) in [5.74, 6) is 1.45. The first kappa shape index (κ1) is 15.5. The number of rotatable bonds is 0. The van der Waals surface area contributed by atoms with Gasteiger partial charge in [0.1, 0.15) is 5.76 Å². The first-order valence-corrected chi connectivity index (χ1v) is 9.22. The zero-order chi connectivity index (χ0) is 16.8. The Morgan fingerprint density at radius 3 is 2.57 bits per heavy atom. The Labute approximate surface area is 140 Å². The molecule has 2 nitrogen and oxygen atoms in total. The van der Waals surface area contributed by atoms with Gasteiger partial charge in [0.05, 0.1) is 0 Å². The zero-order valence-electron chi connectivity index (χ0n) is 15.3. The van der Waals surface area contributed by atoms with Gasteiger partial charge in [0, 0.05) is 16.4 Å². The summed E-state index contributed by atoms with van der Waals surface area (Å²) in [6.45, 7) is 16.0. The van der Waals surface area contributed by atoms with Crippen LogP contribution in [0.3, 0.4) is 0 Å². The summed E-state index contributed by atoms with van der Waals surface area (Å²) in [5, 5.41) is 0. The molecule has 3 fully saturated rings. The van der Waals surface area contributed by atoms with Crippen LogP contribution in [0.1, 0.15) is 73.1 Å². The highest BCUT2D eigenvalue weighted by atomic mass is 16.5. The third-order valence-corrected chi connectivity index (χ3v) is 8.22. The summed E-state index contributed by atoms with van der Waals surface area (Å²) in [6.07, 6.45) is 7.06. The van der Waals surface area contributed by atoms with Crippen LogP contribution in [0.15, 0.2) is 23.5 Å². The highest BCUT2D eigenvalue weighted by molar-refractivity contribution is 5.92. The molecule has 0 N–H and O–H groups in total. The number of carbonyl (C=O) groups excluding carboxylic acids is 1. The summed E-state index contributed by atoms with van der Waals surface area (Å²) in [7, 11) is 0. The van der Waals surface area contributed by atoms with Crippen molar-refractivity contribution < 1.29 is 9.53 Å². The van der Waals surface area contributed by atoms with Gasteiger partial charge < -0.3 is 4.74 Å². The van der Waals surface area contributed by atoms with Crippen molar-refractivity contribution in [3.63, 3.8) is 0 Å². The van der Waals surface area contributed by atoms with Crippen molar-refractivity contribution >= 4 is 5.97 Å². The van der Waals surface area contributed by atoms with Crippen LogP contribution in [0.2, 0.25) is 0 Å². The quantitative estimate of drug-likeness (QED) is 0.442. The molecule has 1 heterocycles. The van der Waals surface area contributed by atoms with Crippen molar-refractivity contribution in [1.82, 2.24) is 0 Å². The van der Waals surface area contributed by atoms with E-state index in [2.05, 4.69) is 41.2 Å². The molecule has 1 saturated heterocycles. The standard InChI is InChI=1S/C21H30O2/c1-13-8-7-10-19(5)11-9-15-18(3,4)12-20(6)14(2)17(22)23-16(13)21(15,19)20/h15H,2,7-12H2,1,3-6H3/t15-,19+,20+,21?/m1/s1. The van der Waals surface area contributed by atoms with Crippen LogP contribution >= 0.6 is 0 Å². The lowest BCUT2D eigenvalue weighted by atomic mass is 9.49. The van der Waals surface area contributed by atoms with E-state index in [1.54, 1.807) is 0 Å². The van der Waals surface area contributed by atoms with Gasteiger partial charge in [-0.25, -0.2) is 4.79 Å². The lowest BCUT2D eigenvalue weighted by Gasteiger charge is -2.56. The highest BCUT2D eigenvalue weighted by Crippen LogP contribution is 2.82. The second-order valence-electron chi connectivity index (χ2n) is 9.79. The molecule has 2 saturated carbocycles. The molecule has 0 bridgehead atoms. The van der Waals surface area contributed by atoms with Crippen LogP contribution in [-0.4, -0.2) is 5.97 Å². The molecule has 1 spiro atoms. The van der Waals surface area contributed by atoms with Gasteiger partial charge in [-0.3, -0.25) is 0 Å². The molecule has 0 aromatic rings. The van der Waals surface area contributed by atoms with Gasteiger partial charge in [0.25, 0.3) is 0 Å². The van der Waals surface area contributed by atoms with Crippen molar-refractivity contribution in [2.75, 3.05) is 0 Å². The predicted molar refractivity (Wildman–Crippen MR) is 91.6 cm³/mol. The fourth-order valence-electron chi connectivity index (χ4n) is 7.59. The third-order valence-electron chi connectivity index (χ3n) is 8.22. The zero-order valence-corrected chi connectivity index (χ0v) is 15.3. The molecular weight excluding hydrogens is 284 g/mol. The number of carbonyl (C=O) groups is 1. The van der Waals surface area contributed by atoms with E-state index in [0.717, 1.165) is 24.2 Å². The lowest BCUT2D eigenvalue weighted by Crippen LogP contribution is -2.55. The Bertz CT molecular complexity index is 655. The van der Waals surface area contributed by atoms with E-state index >= 15 is 0 Å². The minimum atomic E-state index is -0.180. The van der Waals surface area contributed by atoms with Gasteiger partial charge in [0.2, 0.25) is 0 Å². The molecule has 4 rings (SSSR count). The van der Waals surface area contributed by atoms with Crippen LogP contribution in [0.5, 0.6) is 0 Å². The Hall–Kier alpha value is -1.05. The average molecular weight is 314 g/mol. The van der Waals surface area contributed by atoms with E-state index in [0.29, 0.717) is 5.92 Å². The maximum absolute atomic E-state index is 12.6. The third kappa shape index (κ3) is 1.45. The Morgan fingerprint density at radius 1 is 1.17 bits per heavy atom. The Kier molecular flexibility index (Phi) is 2.78. The van der Waals surface area contributed by atoms with Gasteiger partial charge in [-0.05, 0) is 67.8 Å². The van der Waals surface area contributed by atoms with Crippen LogP contribution in [0.4, 0.5) is 0 Å². The average Bonchev–Trinajstić information content (AvgIpc) is 2.82. The van der Waals surface area contributed by atoms with E-state index in [9.17, 15) is 4.79 Å². The monoisotopic (exact) mass is 314 g/mol. The molecule has 4 atom stereocenters. The largest absolute Gasteiger partial charge is 0.427 e. The molecule has 0 radical (unpaired) electrons. The lowest BCUT2D eigenvalue weighted by molar-refractivity contribution is -0.153. The van der Waals surface area contributed by atoms with E-state index in [-0.39, 0.29) is 27.6 Å². The van der Waals surface area contributed by atoms with Crippen molar-refractivity contribution in [2.45, 2.75) is 73.1 Å². The van der Waals surface area contributed by atoms with Crippen LogP contribution in [0, 0.1) is 27.6 Å². The minimum Gasteiger partial charge on any atom is -0.427 e. The second kappa shape index (κ2) is 4.13. The first-order valence-electron chi connectivity index (χ1n) is 9.22. The maximum atomic E-state index is 12.6. The fourth-order valence-corrected chi connectivity index (χ4v) is 7.59. The number of ether oxygens (including phenoxy) is 1. The first-order chi connectivity index (χ1) is 10.6. The van der Waals surface area contributed by atoms with E-state index in [1.807, 2.05) is 0 Å². The predicted octanol–water partition coefficient (Wildman–Crippen LogP) is 5.40. The Morgan fingerprint density at radius 2 is 1.87 bits per heavy atom. The van der Waals surface area contributed by atoms with Crippen LogP contribution in [0.25, 0.3) is 0 Å². The highest BCUT2D eigenvalue weighted by Gasteiger charge is 2.78. The van der Waals surface area contributed by atoms with Crippen molar-refractivity contribution in [3.8, 4) is 0 Å². The molecule has 0 aromatic carbocycles. The molecule has 0 aromatic heterocycles. The summed E-state index contributed by atoms with van der Waals surface area (Å²) in [5.41, 5.74) is 2.28. The molecule has 3 aliphatic carbocycles. The molecule has 0 amide bonds. The number of hydrogen-bond donors (Lipinski definition) is 0. The number of allylic oxidation sites excluding steroid dienone is 2. The normalized spacial score (nSPS) is 48.0. The minimum absolute atomic E-state index is 0.0327. The number of hydrogen-bond acceptors (Lipinski definition) is 2. The summed E-state index contributed by atoms with van der Waals surface area (Å²) in [4.78, 5) is 12.6. The summed E-state index contributed by atoms with van der Waals surface area (Å²) >= 11 is 0. The maximum Gasteiger partial charge on any atom is 0.339 e. The van der Waals surface area contributed by atoms with Crippen molar-refractivity contribution in [3.05, 3.63) is 23.5 Å². The van der Waals surface area contributed by atoms with E-state index in [4.69, 9.17) is 4.74 Å². The molecule has 126 valence electrons. The smallest absolute Gasteiger partial charge is 0.339 e.